The lowest BCUT2D eigenvalue weighted by molar-refractivity contribution is 0.102. The third kappa shape index (κ3) is 5.74. The Morgan fingerprint density at radius 3 is 2.31 bits per heavy atom. The van der Waals surface area contributed by atoms with Crippen molar-refractivity contribution in [3.8, 4) is 34.0 Å². The van der Waals surface area contributed by atoms with Gasteiger partial charge in [-0.3, -0.25) is 9.59 Å². The van der Waals surface area contributed by atoms with E-state index in [0.717, 1.165) is 5.56 Å². The average Bonchev–Trinajstić information content (AvgIpc) is 3.73. The second-order valence-corrected chi connectivity index (χ2v) is 11.1. The number of halogens is 2. The molecule has 7 nitrogen and oxygen atoms in total. The van der Waals surface area contributed by atoms with Gasteiger partial charge >= 0.3 is 0 Å². The van der Waals surface area contributed by atoms with E-state index in [1.807, 2.05) is 42.5 Å². The molecule has 0 radical (unpaired) electrons. The first-order chi connectivity index (χ1) is 21.9. The predicted octanol–water partition coefficient (Wildman–Crippen LogP) is 9.34. The fourth-order valence-electron chi connectivity index (χ4n) is 5.07. The number of nitrogens with zero attached hydrogens (tertiary/aromatic N) is 2. The van der Waals surface area contributed by atoms with Crippen molar-refractivity contribution in [3.05, 3.63) is 148 Å². The van der Waals surface area contributed by atoms with Crippen molar-refractivity contribution in [2.75, 3.05) is 5.32 Å². The van der Waals surface area contributed by atoms with E-state index in [4.69, 9.17) is 32.7 Å². The molecule has 218 valence electrons. The lowest BCUT2D eigenvalue weighted by Crippen LogP contribution is -2.13. The third-order valence-corrected chi connectivity index (χ3v) is 7.90. The summed E-state index contributed by atoms with van der Waals surface area (Å²) >= 11 is 12.3. The van der Waals surface area contributed by atoms with E-state index in [9.17, 15) is 9.59 Å². The molecular weight excluding hydrogens is 607 g/mol. The summed E-state index contributed by atoms with van der Waals surface area (Å²) in [6, 6.07) is 36.0. The Morgan fingerprint density at radius 1 is 0.733 bits per heavy atom. The van der Waals surface area contributed by atoms with Crippen molar-refractivity contribution < 1.29 is 14.1 Å². The van der Waals surface area contributed by atoms with Crippen LogP contribution in [-0.2, 0) is 0 Å². The number of aromatic nitrogens is 3. The zero-order valence-corrected chi connectivity index (χ0v) is 24.9. The van der Waals surface area contributed by atoms with Crippen LogP contribution in [0.1, 0.15) is 26.3 Å². The monoisotopic (exact) mass is 628 g/mol. The summed E-state index contributed by atoms with van der Waals surface area (Å²) in [4.78, 5) is 34.4. The highest BCUT2D eigenvalue weighted by Crippen LogP contribution is 2.33. The maximum atomic E-state index is 13.4. The van der Waals surface area contributed by atoms with Gasteiger partial charge in [0.05, 0.1) is 21.6 Å². The van der Waals surface area contributed by atoms with Gasteiger partial charge in [-0.15, -0.1) is 0 Å². The molecule has 7 rings (SSSR count). The number of hydrogen-bond donors (Lipinski definition) is 2. The topological polar surface area (TPSA) is 101 Å². The molecular formula is C36H22Cl2N4O3. The van der Waals surface area contributed by atoms with Crippen molar-refractivity contribution in [3.63, 3.8) is 0 Å². The molecule has 1 amide bonds. The maximum absolute atomic E-state index is 13.4. The van der Waals surface area contributed by atoms with E-state index < -0.39 is 0 Å². The summed E-state index contributed by atoms with van der Waals surface area (Å²) in [5.74, 6) is 0.678. The summed E-state index contributed by atoms with van der Waals surface area (Å²) in [5.41, 5.74) is 6.36. The maximum Gasteiger partial charge on any atom is 0.256 e. The molecule has 0 spiro atoms. The number of imidazole rings is 1. The van der Waals surface area contributed by atoms with Gasteiger partial charge in [0.1, 0.15) is 11.5 Å². The molecule has 2 N–H and O–H groups in total. The van der Waals surface area contributed by atoms with Crippen LogP contribution >= 0.6 is 23.2 Å². The van der Waals surface area contributed by atoms with Gasteiger partial charge in [-0.2, -0.15) is 0 Å². The molecule has 7 aromatic rings. The number of hydrogen-bond acceptors (Lipinski definition) is 5. The number of carbonyl (C=O) groups is 2. The Morgan fingerprint density at radius 2 is 1.51 bits per heavy atom. The van der Waals surface area contributed by atoms with E-state index in [2.05, 4.69) is 15.5 Å². The summed E-state index contributed by atoms with van der Waals surface area (Å²) in [6.45, 7) is 0. The quantitative estimate of drug-likeness (QED) is 0.171. The van der Waals surface area contributed by atoms with Gasteiger partial charge < -0.3 is 14.8 Å². The molecule has 9 heteroatoms. The van der Waals surface area contributed by atoms with E-state index in [-0.39, 0.29) is 11.7 Å². The fraction of sp³-hybridized carbons (Fsp3) is 0. The lowest BCUT2D eigenvalue weighted by atomic mass is 10.0. The molecule has 0 aliphatic rings. The molecule has 0 bridgehead atoms. The number of nitrogens with one attached hydrogen (secondary N) is 2. The minimum atomic E-state index is -0.292. The predicted molar refractivity (Wildman–Crippen MR) is 177 cm³/mol. The number of benzene rings is 5. The van der Waals surface area contributed by atoms with Gasteiger partial charge in [-0.1, -0.05) is 89.0 Å². The van der Waals surface area contributed by atoms with Crippen molar-refractivity contribution >= 4 is 51.6 Å². The molecule has 0 atom stereocenters. The molecule has 0 saturated carbocycles. The Labute approximate surface area is 267 Å². The van der Waals surface area contributed by atoms with Crippen LogP contribution in [0.15, 0.2) is 126 Å². The average molecular weight is 630 g/mol. The Hall–Kier alpha value is -5.50. The van der Waals surface area contributed by atoms with Gasteiger partial charge in [0.2, 0.25) is 0 Å². The van der Waals surface area contributed by atoms with E-state index in [1.165, 1.54) is 0 Å². The van der Waals surface area contributed by atoms with Gasteiger partial charge in [-0.05, 0) is 54.6 Å². The normalized spacial score (nSPS) is 11.1. The Kier molecular flexibility index (Phi) is 7.47. The van der Waals surface area contributed by atoms with Crippen LogP contribution < -0.4 is 5.32 Å². The minimum absolute atomic E-state index is 0.0746. The second-order valence-electron chi connectivity index (χ2n) is 10.3. The fourth-order valence-corrected chi connectivity index (χ4v) is 5.57. The first kappa shape index (κ1) is 28.3. The number of ketones is 1. The number of fused-ring (bicyclic) bond motifs is 1. The first-order valence-electron chi connectivity index (χ1n) is 14.0. The Balaban J connectivity index is 1.10. The molecule has 2 heterocycles. The SMILES string of the molecule is O=C(c1ccccc1)c1ccc2nc(-c3ccccc3C(=O)Nc3ccc(-c4cc(-c5ccc(Cl)cc5Cl)on4)cc3)[nH]c2c1. The number of carbonyl (C=O) groups excluding carboxylic acids is 2. The molecule has 5 aromatic carbocycles. The molecule has 0 aliphatic heterocycles. The summed E-state index contributed by atoms with van der Waals surface area (Å²) in [6.07, 6.45) is 0. The van der Waals surface area contributed by atoms with E-state index in [1.54, 1.807) is 78.9 Å². The lowest BCUT2D eigenvalue weighted by Gasteiger charge is -2.09. The highest BCUT2D eigenvalue weighted by atomic mass is 35.5. The van der Waals surface area contributed by atoms with Crippen LogP contribution in [-0.4, -0.2) is 26.8 Å². The highest BCUT2D eigenvalue weighted by Gasteiger charge is 2.18. The molecule has 45 heavy (non-hydrogen) atoms. The molecule has 2 aromatic heterocycles. The largest absolute Gasteiger partial charge is 0.356 e. The van der Waals surface area contributed by atoms with Crippen LogP contribution in [0, 0.1) is 0 Å². The van der Waals surface area contributed by atoms with Crippen molar-refractivity contribution in [1.82, 2.24) is 15.1 Å². The zero-order valence-electron chi connectivity index (χ0n) is 23.4. The van der Waals surface area contributed by atoms with Crippen LogP contribution in [0.4, 0.5) is 5.69 Å². The Bertz CT molecular complexity index is 2210. The van der Waals surface area contributed by atoms with Crippen molar-refractivity contribution in [2.45, 2.75) is 0 Å². The van der Waals surface area contributed by atoms with Crippen molar-refractivity contribution in [2.24, 2.45) is 0 Å². The van der Waals surface area contributed by atoms with Crippen LogP contribution in [0.3, 0.4) is 0 Å². The highest BCUT2D eigenvalue weighted by molar-refractivity contribution is 6.36. The van der Waals surface area contributed by atoms with Gasteiger partial charge in [0, 0.05) is 44.6 Å². The smallest absolute Gasteiger partial charge is 0.256 e. The van der Waals surface area contributed by atoms with Gasteiger partial charge in [0.15, 0.2) is 11.5 Å². The number of amides is 1. The molecule has 0 unspecified atom stereocenters. The van der Waals surface area contributed by atoms with E-state index >= 15 is 0 Å². The molecule has 0 aliphatic carbocycles. The number of H-pyrrole nitrogens is 1. The number of rotatable bonds is 7. The van der Waals surface area contributed by atoms with Crippen LogP contribution in [0.25, 0.3) is 45.0 Å². The third-order valence-electron chi connectivity index (χ3n) is 7.35. The summed E-state index contributed by atoms with van der Waals surface area (Å²) in [7, 11) is 0. The van der Waals surface area contributed by atoms with Crippen LogP contribution in [0.2, 0.25) is 10.0 Å². The van der Waals surface area contributed by atoms with Crippen LogP contribution in [0.5, 0.6) is 0 Å². The first-order valence-corrected chi connectivity index (χ1v) is 14.7. The minimum Gasteiger partial charge on any atom is -0.356 e. The summed E-state index contributed by atoms with van der Waals surface area (Å²) < 4.78 is 5.52. The number of aromatic amines is 1. The van der Waals surface area contributed by atoms with Gasteiger partial charge in [-0.25, -0.2) is 4.98 Å². The molecule has 0 saturated heterocycles. The molecule has 0 fully saturated rings. The van der Waals surface area contributed by atoms with E-state index in [0.29, 0.717) is 71.9 Å². The zero-order chi connectivity index (χ0) is 30.9. The van der Waals surface area contributed by atoms with Gasteiger partial charge in [0.25, 0.3) is 5.91 Å². The van der Waals surface area contributed by atoms with Crippen molar-refractivity contribution in [1.29, 1.82) is 0 Å². The standard InChI is InChI=1S/C36H22Cl2N4O3/c37-24-13-16-28(29(38)19-24)33-20-31(42-45-33)21-10-14-25(15-11-21)39-36(44)27-9-5-4-8-26(27)35-40-30-17-12-23(18-32(30)41-35)34(43)22-6-2-1-3-7-22/h1-20H,(H,39,44)(H,40,41). The number of anilines is 1. The summed E-state index contributed by atoms with van der Waals surface area (Å²) in [5, 5.41) is 8.14. The second kappa shape index (κ2) is 11.9.